The van der Waals surface area contributed by atoms with E-state index in [-0.39, 0.29) is 42.4 Å². The summed E-state index contributed by atoms with van der Waals surface area (Å²) in [5.74, 6) is -0.0283. The van der Waals surface area contributed by atoms with Gasteiger partial charge in [0.2, 0.25) is 0 Å². The second kappa shape index (κ2) is 16.0. The van der Waals surface area contributed by atoms with Crippen molar-refractivity contribution in [1.29, 1.82) is 0 Å². The Labute approximate surface area is 315 Å². The van der Waals surface area contributed by atoms with Crippen LogP contribution in [-0.4, -0.2) is 51.2 Å². The standard InChI is InChI=1S/C45H46N4O5/c1-30-41(28-48-24-22-38(23-25-48)49-40-13-6-5-12-39(40)47-45(49)52)53-44(54-42(30)34-16-14-31(29-50)15-17-34)36-20-18-33(19-21-36)37-11-7-8-32(26-37)27-46-43(51)35-9-3-2-4-10-35/h2-21,26,30,38,41-42,44,50H,22-25,27-29H2,1H3,(H,46,51)(H,47,52)/t30-,41+,42+,44+/m1/s1. The third kappa shape index (κ3) is 7.67. The van der Waals surface area contributed by atoms with Gasteiger partial charge in [-0.25, -0.2) is 4.79 Å². The first-order valence-electron chi connectivity index (χ1n) is 18.9. The fourth-order valence-electron chi connectivity index (χ4n) is 7.95. The minimum Gasteiger partial charge on any atom is -0.392 e. The molecule has 2 fully saturated rings. The van der Waals surface area contributed by atoms with Gasteiger partial charge >= 0.3 is 5.69 Å². The van der Waals surface area contributed by atoms with Crippen LogP contribution >= 0.6 is 0 Å². The lowest BCUT2D eigenvalue weighted by molar-refractivity contribution is -0.276. The van der Waals surface area contributed by atoms with Crippen molar-refractivity contribution < 1.29 is 19.4 Å². The lowest BCUT2D eigenvalue weighted by Crippen LogP contribution is -2.47. The van der Waals surface area contributed by atoms with Crippen LogP contribution in [0.25, 0.3) is 22.2 Å². The van der Waals surface area contributed by atoms with Crippen LogP contribution in [0.15, 0.2) is 132 Å². The Bertz CT molecular complexity index is 2240. The summed E-state index contributed by atoms with van der Waals surface area (Å²) in [6, 6.07) is 41.9. The van der Waals surface area contributed by atoms with E-state index in [1.54, 1.807) is 0 Å². The third-order valence-corrected chi connectivity index (χ3v) is 11.0. The molecule has 1 amide bonds. The summed E-state index contributed by atoms with van der Waals surface area (Å²) in [5.41, 5.74) is 8.44. The molecule has 0 aliphatic carbocycles. The minimum absolute atomic E-state index is 0.00603. The molecule has 2 aliphatic rings. The number of aliphatic hydroxyl groups excluding tert-OH is 1. The molecule has 0 unspecified atom stereocenters. The van der Waals surface area contributed by atoms with Crippen LogP contribution in [0.2, 0.25) is 0 Å². The average Bonchev–Trinajstić information content (AvgIpc) is 3.57. The Balaban J connectivity index is 0.969. The first-order chi connectivity index (χ1) is 26.4. The fraction of sp³-hybridized carbons (Fsp3) is 0.289. The van der Waals surface area contributed by atoms with Gasteiger partial charge in [-0.3, -0.25) is 9.36 Å². The molecule has 9 heteroatoms. The number of hydrogen-bond donors (Lipinski definition) is 3. The molecule has 2 saturated heterocycles. The molecule has 5 aromatic carbocycles. The highest BCUT2D eigenvalue weighted by Crippen LogP contribution is 2.42. The van der Waals surface area contributed by atoms with Crippen molar-refractivity contribution in [1.82, 2.24) is 19.8 Å². The smallest absolute Gasteiger partial charge is 0.326 e. The maximum Gasteiger partial charge on any atom is 0.326 e. The number of H-pyrrole nitrogens is 1. The normalized spacial score (nSPS) is 20.9. The summed E-state index contributed by atoms with van der Waals surface area (Å²) in [5, 5.41) is 12.7. The number of carbonyl (C=O) groups excluding carboxylic acids is 1. The van der Waals surface area contributed by atoms with Gasteiger partial charge in [0.05, 0.1) is 29.8 Å². The van der Waals surface area contributed by atoms with Gasteiger partial charge in [-0.15, -0.1) is 0 Å². The van der Waals surface area contributed by atoms with Gasteiger partial charge in [-0.2, -0.15) is 0 Å². The van der Waals surface area contributed by atoms with Crippen molar-refractivity contribution >= 4 is 16.9 Å². The lowest BCUT2D eigenvalue weighted by atomic mass is 9.89. The minimum atomic E-state index is -0.565. The zero-order valence-corrected chi connectivity index (χ0v) is 30.4. The van der Waals surface area contributed by atoms with Crippen LogP contribution in [0.3, 0.4) is 0 Å². The average molecular weight is 723 g/mol. The van der Waals surface area contributed by atoms with Crippen LogP contribution in [0.5, 0.6) is 0 Å². The molecule has 2 aliphatic heterocycles. The van der Waals surface area contributed by atoms with E-state index in [2.05, 4.69) is 70.7 Å². The summed E-state index contributed by atoms with van der Waals surface area (Å²) in [7, 11) is 0. The van der Waals surface area contributed by atoms with Crippen LogP contribution in [-0.2, 0) is 22.6 Å². The first-order valence-corrected chi connectivity index (χ1v) is 18.9. The van der Waals surface area contributed by atoms with E-state index >= 15 is 0 Å². The summed E-state index contributed by atoms with van der Waals surface area (Å²) >= 11 is 0. The van der Waals surface area contributed by atoms with Gasteiger partial charge in [0.15, 0.2) is 6.29 Å². The fourth-order valence-corrected chi connectivity index (χ4v) is 7.95. The highest BCUT2D eigenvalue weighted by atomic mass is 16.7. The Morgan fingerprint density at radius 1 is 0.796 bits per heavy atom. The second-order valence-corrected chi connectivity index (χ2v) is 14.5. The highest BCUT2D eigenvalue weighted by Gasteiger charge is 2.39. The number of nitrogens with zero attached hydrogens (tertiary/aromatic N) is 2. The summed E-state index contributed by atoms with van der Waals surface area (Å²) < 4.78 is 15.5. The number of aliphatic hydroxyl groups is 1. The molecular weight excluding hydrogens is 677 g/mol. The van der Waals surface area contributed by atoms with Gasteiger partial charge < -0.3 is 29.8 Å². The Kier molecular flexibility index (Phi) is 10.6. The lowest BCUT2D eigenvalue weighted by Gasteiger charge is -2.44. The maximum atomic E-state index is 12.9. The molecule has 54 heavy (non-hydrogen) atoms. The quantitative estimate of drug-likeness (QED) is 0.135. The molecule has 0 bridgehead atoms. The largest absolute Gasteiger partial charge is 0.392 e. The van der Waals surface area contributed by atoms with E-state index in [0.717, 1.165) is 76.9 Å². The van der Waals surface area contributed by atoms with Crippen molar-refractivity contribution in [3.05, 3.63) is 166 Å². The highest BCUT2D eigenvalue weighted by molar-refractivity contribution is 5.94. The number of amides is 1. The summed E-state index contributed by atoms with van der Waals surface area (Å²) in [6.45, 7) is 5.12. The monoisotopic (exact) mass is 722 g/mol. The number of ether oxygens (including phenoxy) is 2. The molecule has 6 aromatic rings. The molecule has 4 atom stereocenters. The molecule has 9 nitrogen and oxygen atoms in total. The van der Waals surface area contributed by atoms with Gasteiger partial charge in [0.1, 0.15) is 0 Å². The zero-order chi connectivity index (χ0) is 37.0. The van der Waals surface area contributed by atoms with Gasteiger partial charge in [-0.1, -0.05) is 104 Å². The SMILES string of the molecule is C[C@@H]1[C@H](CN2CCC(n3c(=O)[nH]c4ccccc43)CC2)O[C@H](c2ccc(-c3cccc(CNC(=O)c4ccccc4)c3)cc2)O[C@@H]1c1ccc(CO)cc1. The number of imidazole rings is 1. The van der Waals surface area contributed by atoms with Crippen molar-refractivity contribution in [2.75, 3.05) is 19.6 Å². The molecule has 8 rings (SSSR count). The Morgan fingerprint density at radius 3 is 2.28 bits per heavy atom. The van der Waals surface area contributed by atoms with E-state index in [4.69, 9.17) is 9.47 Å². The number of likely N-dealkylation sites (tertiary alicyclic amines) is 1. The summed E-state index contributed by atoms with van der Waals surface area (Å²) in [4.78, 5) is 31.0. The molecule has 1 aromatic heterocycles. The van der Waals surface area contributed by atoms with Crippen molar-refractivity contribution in [2.45, 2.75) is 57.5 Å². The van der Waals surface area contributed by atoms with Gasteiger partial charge in [0.25, 0.3) is 5.91 Å². The molecule has 3 heterocycles. The third-order valence-electron chi connectivity index (χ3n) is 11.0. The molecule has 0 radical (unpaired) electrons. The Morgan fingerprint density at radius 2 is 1.52 bits per heavy atom. The molecule has 0 saturated carbocycles. The van der Waals surface area contributed by atoms with Crippen LogP contribution in [0, 0.1) is 5.92 Å². The van der Waals surface area contributed by atoms with E-state index in [9.17, 15) is 14.7 Å². The second-order valence-electron chi connectivity index (χ2n) is 14.5. The zero-order valence-electron chi connectivity index (χ0n) is 30.4. The van der Waals surface area contributed by atoms with E-state index in [0.29, 0.717) is 12.1 Å². The number of aromatic nitrogens is 2. The van der Waals surface area contributed by atoms with Crippen LogP contribution in [0.4, 0.5) is 0 Å². The predicted molar refractivity (Wildman–Crippen MR) is 210 cm³/mol. The number of piperidine rings is 1. The molecule has 3 N–H and O–H groups in total. The van der Waals surface area contributed by atoms with Crippen LogP contribution < -0.4 is 11.0 Å². The number of nitrogens with one attached hydrogen (secondary N) is 2. The molecule has 276 valence electrons. The van der Waals surface area contributed by atoms with Gasteiger partial charge in [-0.05, 0) is 71.0 Å². The predicted octanol–water partition coefficient (Wildman–Crippen LogP) is 7.55. The number of aromatic amines is 1. The number of para-hydroxylation sites is 2. The van der Waals surface area contributed by atoms with E-state index in [1.807, 2.05) is 83.4 Å². The topological polar surface area (TPSA) is 109 Å². The number of rotatable bonds is 10. The van der Waals surface area contributed by atoms with E-state index in [1.165, 1.54) is 0 Å². The number of benzene rings is 5. The summed E-state index contributed by atoms with van der Waals surface area (Å²) in [6.07, 6.45) is 0.908. The van der Waals surface area contributed by atoms with Crippen molar-refractivity contribution in [2.24, 2.45) is 5.92 Å². The van der Waals surface area contributed by atoms with Crippen molar-refractivity contribution in [3.8, 4) is 11.1 Å². The molecule has 0 spiro atoms. The van der Waals surface area contributed by atoms with E-state index < -0.39 is 6.29 Å². The van der Waals surface area contributed by atoms with Crippen molar-refractivity contribution in [3.63, 3.8) is 0 Å². The maximum absolute atomic E-state index is 12.9. The van der Waals surface area contributed by atoms with Crippen LogP contribution in [0.1, 0.15) is 70.8 Å². The number of hydrogen-bond acceptors (Lipinski definition) is 6. The first kappa shape index (κ1) is 35.7. The number of carbonyl (C=O) groups is 1. The molecular formula is C45H46N4O5. The van der Waals surface area contributed by atoms with Gasteiger partial charge in [0, 0.05) is 49.3 Å². The Hall–Kier alpha value is -5.32. The number of fused-ring (bicyclic) bond motifs is 1.